The number of benzene rings is 5. The van der Waals surface area contributed by atoms with Crippen molar-refractivity contribution in [1.82, 2.24) is 0 Å². The number of hydrogen-bond donors (Lipinski definition) is 0. The van der Waals surface area contributed by atoms with Gasteiger partial charge in [-0.15, -0.1) is 0 Å². The van der Waals surface area contributed by atoms with Gasteiger partial charge in [-0.3, -0.25) is 0 Å². The fourth-order valence-corrected chi connectivity index (χ4v) is 5.05. The molecule has 0 bridgehead atoms. The van der Waals surface area contributed by atoms with E-state index >= 15 is 0 Å². The van der Waals surface area contributed by atoms with E-state index in [-0.39, 0.29) is 5.82 Å². The molecule has 0 aromatic heterocycles. The molecule has 5 aromatic carbocycles. The van der Waals surface area contributed by atoms with Crippen molar-refractivity contribution >= 4 is 12.2 Å². The molecule has 0 nitrogen and oxygen atoms in total. The van der Waals surface area contributed by atoms with Gasteiger partial charge in [0.2, 0.25) is 0 Å². The zero-order chi connectivity index (χ0) is 27.0. The first-order valence-corrected chi connectivity index (χ1v) is 13.9. The van der Waals surface area contributed by atoms with Gasteiger partial charge in [0.05, 0.1) is 0 Å². The molecule has 0 heterocycles. The summed E-state index contributed by atoms with van der Waals surface area (Å²) in [6, 6.07) is 41.8. The predicted molar refractivity (Wildman–Crippen MR) is 165 cm³/mol. The Labute approximate surface area is 232 Å². The van der Waals surface area contributed by atoms with E-state index in [1.54, 1.807) is 6.07 Å². The zero-order valence-electron chi connectivity index (χ0n) is 22.8. The molecule has 0 fully saturated rings. The predicted octanol–water partition coefficient (Wildman–Crippen LogP) is 10.6. The van der Waals surface area contributed by atoms with Gasteiger partial charge in [0, 0.05) is 5.56 Å². The van der Waals surface area contributed by atoms with Gasteiger partial charge < -0.3 is 0 Å². The van der Waals surface area contributed by atoms with Crippen LogP contribution in [0.15, 0.2) is 121 Å². The van der Waals surface area contributed by atoms with Crippen molar-refractivity contribution in [1.29, 1.82) is 0 Å². The van der Waals surface area contributed by atoms with Crippen LogP contribution in [0.3, 0.4) is 0 Å². The molecule has 1 atom stereocenters. The Morgan fingerprint density at radius 1 is 0.615 bits per heavy atom. The van der Waals surface area contributed by atoms with E-state index < -0.39 is 0 Å². The lowest BCUT2D eigenvalue weighted by Crippen LogP contribution is -1.98. The summed E-state index contributed by atoms with van der Waals surface area (Å²) < 4.78 is 15.0. The van der Waals surface area contributed by atoms with E-state index in [1.807, 2.05) is 24.3 Å². The molecule has 194 valence electrons. The van der Waals surface area contributed by atoms with E-state index in [9.17, 15) is 4.39 Å². The van der Waals surface area contributed by atoms with Crippen LogP contribution in [0.5, 0.6) is 0 Å². The Morgan fingerprint density at radius 2 is 1.18 bits per heavy atom. The minimum Gasteiger partial charge on any atom is -0.206 e. The Balaban J connectivity index is 1.23. The summed E-state index contributed by atoms with van der Waals surface area (Å²) in [5.41, 5.74) is 9.96. The molecule has 5 rings (SSSR count). The van der Waals surface area contributed by atoms with Crippen molar-refractivity contribution in [3.63, 3.8) is 0 Å². The molecular weight excluding hydrogens is 475 g/mol. The van der Waals surface area contributed by atoms with Crippen LogP contribution in [0, 0.1) is 5.82 Å². The van der Waals surface area contributed by atoms with Crippen molar-refractivity contribution in [2.45, 2.75) is 39.0 Å². The van der Waals surface area contributed by atoms with E-state index in [2.05, 4.69) is 117 Å². The van der Waals surface area contributed by atoms with Crippen LogP contribution in [-0.4, -0.2) is 0 Å². The molecular formula is C38H35F. The van der Waals surface area contributed by atoms with E-state index in [0.717, 1.165) is 36.0 Å². The molecule has 39 heavy (non-hydrogen) atoms. The van der Waals surface area contributed by atoms with Crippen LogP contribution in [0.4, 0.5) is 4.39 Å². The molecule has 0 spiro atoms. The summed E-state index contributed by atoms with van der Waals surface area (Å²) in [5, 5.41) is 0. The first-order valence-electron chi connectivity index (χ1n) is 13.9. The highest BCUT2D eigenvalue weighted by Crippen LogP contribution is 2.26. The number of rotatable bonds is 9. The summed E-state index contributed by atoms with van der Waals surface area (Å²) >= 11 is 0. The molecule has 0 aliphatic heterocycles. The maximum atomic E-state index is 15.0. The van der Waals surface area contributed by atoms with Crippen LogP contribution in [0.25, 0.3) is 34.4 Å². The topological polar surface area (TPSA) is 0 Å². The second-order valence-electron chi connectivity index (χ2n) is 10.4. The first-order chi connectivity index (χ1) is 19.1. The SMILES string of the molecule is CCCc1ccc(-c2ccc(C=Cc3ccc(-c4ccc(C[C@H](C)c5ccccc5)cc4)cc3F)cc2)cc1. The lowest BCUT2D eigenvalue weighted by atomic mass is 9.93. The minimum absolute atomic E-state index is 0.214. The zero-order valence-corrected chi connectivity index (χ0v) is 22.8. The Morgan fingerprint density at radius 3 is 1.79 bits per heavy atom. The van der Waals surface area contributed by atoms with Crippen LogP contribution < -0.4 is 0 Å². The molecule has 1 heteroatoms. The Hall–Kier alpha value is -4.23. The molecule has 0 N–H and O–H groups in total. The van der Waals surface area contributed by atoms with Crippen LogP contribution in [0.2, 0.25) is 0 Å². The number of hydrogen-bond acceptors (Lipinski definition) is 0. The highest BCUT2D eigenvalue weighted by atomic mass is 19.1. The summed E-state index contributed by atoms with van der Waals surface area (Å²) in [4.78, 5) is 0. The van der Waals surface area contributed by atoms with Gasteiger partial charge in [0.1, 0.15) is 5.82 Å². The molecule has 0 aliphatic rings. The average Bonchev–Trinajstić information content (AvgIpc) is 2.98. The number of halogens is 1. The van der Waals surface area contributed by atoms with Gasteiger partial charge in [-0.1, -0.05) is 148 Å². The fraction of sp³-hybridized carbons (Fsp3) is 0.158. The minimum atomic E-state index is -0.214. The Kier molecular flexibility index (Phi) is 8.48. The molecule has 0 aliphatic carbocycles. The second-order valence-corrected chi connectivity index (χ2v) is 10.4. The van der Waals surface area contributed by atoms with Gasteiger partial charge in [-0.25, -0.2) is 4.39 Å². The highest BCUT2D eigenvalue weighted by molar-refractivity contribution is 5.74. The molecule has 0 amide bonds. The highest BCUT2D eigenvalue weighted by Gasteiger charge is 2.08. The lowest BCUT2D eigenvalue weighted by molar-refractivity contribution is 0.625. The summed E-state index contributed by atoms with van der Waals surface area (Å²) in [6.07, 6.45) is 7.07. The third-order valence-corrected chi connectivity index (χ3v) is 7.39. The van der Waals surface area contributed by atoms with Crippen molar-refractivity contribution in [3.05, 3.63) is 155 Å². The first kappa shape index (κ1) is 26.4. The normalized spacial score (nSPS) is 12.1. The van der Waals surface area contributed by atoms with Gasteiger partial charge in [0.25, 0.3) is 0 Å². The van der Waals surface area contributed by atoms with E-state index in [4.69, 9.17) is 0 Å². The van der Waals surface area contributed by atoms with Gasteiger partial charge >= 0.3 is 0 Å². The molecule has 0 saturated heterocycles. The van der Waals surface area contributed by atoms with Crippen molar-refractivity contribution < 1.29 is 4.39 Å². The Bertz CT molecular complexity index is 1510. The summed E-state index contributed by atoms with van der Waals surface area (Å²) in [7, 11) is 0. The largest absolute Gasteiger partial charge is 0.206 e. The standard InChI is InChI=1S/C38H35F/c1-3-7-29-10-17-33(18-11-29)34-19-12-30(13-20-34)14-23-36-24-25-37(27-38(36)39)35-21-15-31(16-22-35)26-28(2)32-8-5-4-6-9-32/h4-6,8-25,27-28H,3,7,26H2,1-2H3/t28-/m0/s1. The molecule has 5 aromatic rings. The smallest absolute Gasteiger partial charge is 0.131 e. The average molecular weight is 511 g/mol. The summed E-state index contributed by atoms with van der Waals surface area (Å²) in [5.74, 6) is 0.239. The van der Waals surface area contributed by atoms with Crippen molar-refractivity contribution in [2.75, 3.05) is 0 Å². The van der Waals surface area contributed by atoms with Crippen LogP contribution >= 0.6 is 0 Å². The quantitative estimate of drug-likeness (QED) is 0.173. The van der Waals surface area contributed by atoms with Crippen LogP contribution in [0.1, 0.15) is 54.0 Å². The fourth-order valence-electron chi connectivity index (χ4n) is 5.05. The van der Waals surface area contributed by atoms with Gasteiger partial charge in [-0.2, -0.15) is 0 Å². The van der Waals surface area contributed by atoms with Crippen LogP contribution in [-0.2, 0) is 12.8 Å². The maximum Gasteiger partial charge on any atom is 0.131 e. The van der Waals surface area contributed by atoms with E-state index in [0.29, 0.717) is 11.5 Å². The van der Waals surface area contributed by atoms with Crippen molar-refractivity contribution in [3.8, 4) is 22.3 Å². The monoisotopic (exact) mass is 510 g/mol. The molecule has 0 radical (unpaired) electrons. The molecule has 0 saturated carbocycles. The molecule has 0 unspecified atom stereocenters. The van der Waals surface area contributed by atoms with E-state index in [1.165, 1.54) is 27.8 Å². The lowest BCUT2D eigenvalue weighted by Gasteiger charge is -2.12. The third-order valence-electron chi connectivity index (χ3n) is 7.39. The third kappa shape index (κ3) is 6.81. The summed E-state index contributed by atoms with van der Waals surface area (Å²) in [6.45, 7) is 4.46. The maximum absolute atomic E-state index is 15.0. The van der Waals surface area contributed by atoms with Crippen molar-refractivity contribution in [2.24, 2.45) is 0 Å². The number of aryl methyl sites for hydroxylation is 1. The second kappa shape index (κ2) is 12.5. The van der Waals surface area contributed by atoms with Gasteiger partial charge in [-0.05, 0) is 69.3 Å². The van der Waals surface area contributed by atoms with Gasteiger partial charge in [0.15, 0.2) is 0 Å².